The van der Waals surface area contributed by atoms with E-state index in [-0.39, 0.29) is 10.7 Å². The minimum atomic E-state index is -0.513. The standard InChI is InChI=1S/C26H23N3O3S/c1-17-15-20(28(2)3)10-9-18(17)16-23-24(30)27-26(33)29(25(23)31)19-11-13-22(14-12-19)32-21-7-5-4-6-8-21/h4-16H,1-3H3,(H,27,30,33)/b23-16+. The molecule has 3 aromatic rings. The van der Waals surface area contributed by atoms with Gasteiger partial charge in [-0.15, -0.1) is 0 Å². The summed E-state index contributed by atoms with van der Waals surface area (Å²) < 4.78 is 5.81. The van der Waals surface area contributed by atoms with Crippen LogP contribution in [-0.4, -0.2) is 31.0 Å². The normalized spacial score (nSPS) is 14.9. The van der Waals surface area contributed by atoms with E-state index in [2.05, 4.69) is 5.32 Å². The number of hydrogen-bond acceptors (Lipinski definition) is 5. The van der Waals surface area contributed by atoms with E-state index in [1.165, 1.54) is 4.90 Å². The van der Waals surface area contributed by atoms with Crippen LogP contribution in [0.15, 0.2) is 78.4 Å². The minimum absolute atomic E-state index is 0.0221. The van der Waals surface area contributed by atoms with Crippen LogP contribution < -0.4 is 19.9 Å². The van der Waals surface area contributed by atoms with Gasteiger partial charge in [-0.2, -0.15) is 0 Å². The van der Waals surface area contributed by atoms with Crippen LogP contribution in [-0.2, 0) is 9.59 Å². The second-order valence-electron chi connectivity index (χ2n) is 7.80. The van der Waals surface area contributed by atoms with Gasteiger partial charge >= 0.3 is 0 Å². The summed E-state index contributed by atoms with van der Waals surface area (Å²) in [6, 6.07) is 22.2. The number of ether oxygens (including phenoxy) is 1. The molecule has 0 atom stereocenters. The summed E-state index contributed by atoms with van der Waals surface area (Å²) in [6.07, 6.45) is 1.61. The van der Waals surface area contributed by atoms with Crippen molar-refractivity contribution in [2.24, 2.45) is 0 Å². The molecule has 2 amide bonds. The Morgan fingerprint density at radius 2 is 1.61 bits per heavy atom. The summed E-state index contributed by atoms with van der Waals surface area (Å²) in [5.41, 5.74) is 3.34. The fourth-order valence-electron chi connectivity index (χ4n) is 3.44. The van der Waals surface area contributed by atoms with Crippen molar-refractivity contribution in [1.82, 2.24) is 5.32 Å². The van der Waals surface area contributed by atoms with E-state index in [1.807, 2.05) is 74.4 Å². The first-order chi connectivity index (χ1) is 15.8. The molecule has 1 fully saturated rings. The van der Waals surface area contributed by atoms with Crippen LogP contribution in [0.2, 0.25) is 0 Å². The average molecular weight is 458 g/mol. The summed E-state index contributed by atoms with van der Waals surface area (Å²) >= 11 is 5.30. The van der Waals surface area contributed by atoms with E-state index in [0.717, 1.165) is 16.8 Å². The van der Waals surface area contributed by atoms with Gasteiger partial charge in [0.25, 0.3) is 11.8 Å². The van der Waals surface area contributed by atoms with Crippen molar-refractivity contribution in [1.29, 1.82) is 0 Å². The number of thiocarbonyl (C=S) groups is 1. The molecule has 33 heavy (non-hydrogen) atoms. The number of nitrogens with one attached hydrogen (secondary N) is 1. The van der Waals surface area contributed by atoms with Crippen LogP contribution in [0.25, 0.3) is 6.08 Å². The van der Waals surface area contributed by atoms with E-state index < -0.39 is 11.8 Å². The Balaban J connectivity index is 1.61. The number of carbonyl (C=O) groups excluding carboxylic acids is 2. The number of rotatable bonds is 5. The molecule has 1 aliphatic rings. The molecule has 4 rings (SSSR count). The molecule has 0 aliphatic carbocycles. The predicted octanol–water partition coefficient (Wildman–Crippen LogP) is 4.68. The maximum Gasteiger partial charge on any atom is 0.270 e. The first-order valence-electron chi connectivity index (χ1n) is 10.4. The Morgan fingerprint density at radius 1 is 0.939 bits per heavy atom. The number of para-hydroxylation sites is 1. The topological polar surface area (TPSA) is 61.9 Å². The first-order valence-corrected chi connectivity index (χ1v) is 10.8. The number of anilines is 2. The van der Waals surface area contributed by atoms with Crippen molar-refractivity contribution < 1.29 is 14.3 Å². The van der Waals surface area contributed by atoms with Crippen molar-refractivity contribution in [3.63, 3.8) is 0 Å². The van der Waals surface area contributed by atoms with Gasteiger partial charge in [0.2, 0.25) is 0 Å². The number of amides is 2. The lowest BCUT2D eigenvalue weighted by Crippen LogP contribution is -2.54. The highest BCUT2D eigenvalue weighted by atomic mass is 32.1. The van der Waals surface area contributed by atoms with E-state index in [0.29, 0.717) is 17.2 Å². The van der Waals surface area contributed by atoms with Crippen LogP contribution >= 0.6 is 12.2 Å². The number of hydrogen-bond donors (Lipinski definition) is 1. The van der Waals surface area contributed by atoms with Gasteiger partial charge in [0.15, 0.2) is 5.11 Å². The molecule has 0 aromatic heterocycles. The quantitative estimate of drug-likeness (QED) is 0.342. The summed E-state index contributed by atoms with van der Waals surface area (Å²) in [6.45, 7) is 1.94. The van der Waals surface area contributed by atoms with Gasteiger partial charge in [-0.25, -0.2) is 0 Å². The molecular weight excluding hydrogens is 434 g/mol. The van der Waals surface area contributed by atoms with Crippen molar-refractivity contribution in [2.45, 2.75) is 6.92 Å². The number of nitrogens with zero attached hydrogens (tertiary/aromatic N) is 2. The zero-order valence-corrected chi connectivity index (χ0v) is 19.3. The molecule has 166 valence electrons. The van der Waals surface area contributed by atoms with Crippen LogP contribution in [0.5, 0.6) is 11.5 Å². The maximum atomic E-state index is 13.3. The Kier molecular flexibility index (Phi) is 6.24. The minimum Gasteiger partial charge on any atom is -0.457 e. The molecule has 6 nitrogen and oxygen atoms in total. The molecule has 0 bridgehead atoms. The van der Waals surface area contributed by atoms with Crippen LogP contribution in [0, 0.1) is 6.92 Å². The summed E-state index contributed by atoms with van der Waals surface area (Å²) in [7, 11) is 3.92. The fourth-order valence-corrected chi connectivity index (χ4v) is 3.72. The van der Waals surface area contributed by atoms with Crippen molar-refractivity contribution in [3.05, 3.63) is 89.5 Å². The van der Waals surface area contributed by atoms with Gasteiger partial charge in [0.1, 0.15) is 17.1 Å². The number of aryl methyl sites for hydroxylation is 1. The molecule has 1 aliphatic heterocycles. The van der Waals surface area contributed by atoms with Gasteiger partial charge in [-0.3, -0.25) is 19.8 Å². The third-order valence-electron chi connectivity index (χ3n) is 5.25. The Bertz CT molecular complexity index is 1250. The Labute approximate surface area is 198 Å². The highest BCUT2D eigenvalue weighted by molar-refractivity contribution is 7.80. The molecule has 0 spiro atoms. The summed E-state index contributed by atoms with van der Waals surface area (Å²) in [5, 5.41) is 2.66. The molecule has 7 heteroatoms. The fraction of sp³-hybridized carbons (Fsp3) is 0.115. The second kappa shape index (κ2) is 9.26. The molecule has 0 radical (unpaired) electrons. The van der Waals surface area contributed by atoms with Gasteiger partial charge in [-0.05, 0) is 84.9 Å². The van der Waals surface area contributed by atoms with E-state index in [1.54, 1.807) is 30.3 Å². The molecule has 0 saturated carbocycles. The molecule has 1 heterocycles. The third kappa shape index (κ3) is 4.78. The molecule has 0 unspecified atom stereocenters. The summed E-state index contributed by atoms with van der Waals surface area (Å²) in [4.78, 5) is 29.2. The lowest BCUT2D eigenvalue weighted by atomic mass is 10.0. The third-order valence-corrected chi connectivity index (χ3v) is 5.53. The van der Waals surface area contributed by atoms with Crippen LogP contribution in [0.3, 0.4) is 0 Å². The highest BCUT2D eigenvalue weighted by Crippen LogP contribution is 2.27. The average Bonchev–Trinajstić information content (AvgIpc) is 2.79. The van der Waals surface area contributed by atoms with Gasteiger partial charge in [0.05, 0.1) is 5.69 Å². The Hall–Kier alpha value is -3.97. The second-order valence-corrected chi connectivity index (χ2v) is 8.19. The largest absolute Gasteiger partial charge is 0.457 e. The SMILES string of the molecule is Cc1cc(N(C)C)ccc1/C=C1\C(=O)NC(=S)N(c2ccc(Oc3ccccc3)cc2)C1=O. The lowest BCUT2D eigenvalue weighted by molar-refractivity contribution is -0.122. The zero-order chi connectivity index (χ0) is 23.5. The molecule has 1 saturated heterocycles. The molecule has 1 N–H and O–H groups in total. The highest BCUT2D eigenvalue weighted by Gasteiger charge is 2.34. The van der Waals surface area contributed by atoms with Crippen molar-refractivity contribution >= 4 is 46.6 Å². The molecular formula is C26H23N3O3S. The van der Waals surface area contributed by atoms with Gasteiger partial charge in [-0.1, -0.05) is 24.3 Å². The predicted molar refractivity (Wildman–Crippen MR) is 135 cm³/mol. The number of carbonyl (C=O) groups is 2. The molecule has 3 aromatic carbocycles. The maximum absolute atomic E-state index is 13.3. The van der Waals surface area contributed by atoms with Gasteiger partial charge < -0.3 is 9.64 Å². The summed E-state index contributed by atoms with van der Waals surface area (Å²) in [5.74, 6) is 0.345. The van der Waals surface area contributed by atoms with Crippen molar-refractivity contribution in [2.75, 3.05) is 23.9 Å². The monoisotopic (exact) mass is 457 g/mol. The van der Waals surface area contributed by atoms with E-state index in [9.17, 15) is 9.59 Å². The number of benzene rings is 3. The van der Waals surface area contributed by atoms with Crippen LogP contribution in [0.4, 0.5) is 11.4 Å². The van der Waals surface area contributed by atoms with E-state index in [4.69, 9.17) is 17.0 Å². The van der Waals surface area contributed by atoms with Crippen LogP contribution in [0.1, 0.15) is 11.1 Å². The van der Waals surface area contributed by atoms with Crippen molar-refractivity contribution in [3.8, 4) is 11.5 Å². The van der Waals surface area contributed by atoms with Gasteiger partial charge in [0, 0.05) is 19.8 Å². The Morgan fingerprint density at radius 3 is 2.24 bits per heavy atom. The first kappa shape index (κ1) is 22.2. The zero-order valence-electron chi connectivity index (χ0n) is 18.5. The van der Waals surface area contributed by atoms with E-state index >= 15 is 0 Å². The lowest BCUT2D eigenvalue weighted by Gasteiger charge is -2.29. The smallest absolute Gasteiger partial charge is 0.270 e.